The van der Waals surface area contributed by atoms with Crippen LogP contribution in [0, 0.1) is 0 Å². The molecule has 6 heteroatoms. The minimum Gasteiger partial charge on any atom is -0.493 e. The van der Waals surface area contributed by atoms with E-state index < -0.39 is 5.97 Å². The zero-order valence-electron chi connectivity index (χ0n) is 16.3. The summed E-state index contributed by atoms with van der Waals surface area (Å²) in [5, 5.41) is 0. The fourth-order valence-corrected chi connectivity index (χ4v) is 3.78. The first-order chi connectivity index (χ1) is 13.1. The van der Waals surface area contributed by atoms with E-state index in [1.54, 1.807) is 34.5 Å². The lowest BCUT2D eigenvalue weighted by atomic mass is 9.91. The van der Waals surface area contributed by atoms with E-state index in [0.717, 1.165) is 28.7 Å². The molecule has 0 aliphatic heterocycles. The van der Waals surface area contributed by atoms with Crippen LogP contribution in [-0.2, 0) is 15.9 Å². The number of hydrogen-bond donors (Lipinski definition) is 0. The van der Waals surface area contributed by atoms with Gasteiger partial charge in [0.1, 0.15) is 0 Å². The summed E-state index contributed by atoms with van der Waals surface area (Å²) in [4.78, 5) is 12.4. The Morgan fingerprint density at radius 2 is 1.74 bits per heavy atom. The van der Waals surface area contributed by atoms with Crippen molar-refractivity contribution in [3.8, 4) is 28.4 Å². The Balaban J connectivity index is 2.40. The number of benzene rings is 2. The van der Waals surface area contributed by atoms with E-state index in [9.17, 15) is 4.79 Å². The second-order valence-corrected chi connectivity index (χ2v) is 6.20. The number of methoxy groups -OCH3 is 5. The first-order valence-corrected chi connectivity index (χ1v) is 8.67. The molecule has 0 saturated carbocycles. The maximum absolute atomic E-state index is 12.4. The molecule has 144 valence electrons. The second kappa shape index (κ2) is 7.88. The van der Waals surface area contributed by atoms with Crippen molar-refractivity contribution in [2.75, 3.05) is 35.5 Å². The van der Waals surface area contributed by atoms with E-state index in [1.807, 2.05) is 18.2 Å². The Morgan fingerprint density at radius 1 is 1.00 bits per heavy atom. The van der Waals surface area contributed by atoms with Crippen molar-refractivity contribution in [2.45, 2.75) is 18.9 Å². The molecule has 0 radical (unpaired) electrons. The summed E-state index contributed by atoms with van der Waals surface area (Å²) >= 11 is 0. The van der Waals surface area contributed by atoms with Crippen molar-refractivity contribution >= 4 is 5.97 Å². The molecule has 0 amide bonds. The standard InChI is InChI=1S/C21H24O6/c1-23-15-10-9-12-11-16(24-2)19(25-3)20(26-4)17(12)13-7-6-8-14(18(13)15)21(22)27-5/h6-8,11,15H,9-10H2,1-5H3. The molecule has 0 N–H and O–H groups in total. The van der Waals surface area contributed by atoms with Gasteiger partial charge in [0.15, 0.2) is 11.5 Å². The van der Waals surface area contributed by atoms with Crippen LogP contribution in [0.3, 0.4) is 0 Å². The SMILES string of the molecule is COC(=O)c1cccc2c1C(OC)CCc1cc(OC)c(OC)c(OC)c1-2. The van der Waals surface area contributed by atoms with E-state index in [0.29, 0.717) is 29.2 Å². The quantitative estimate of drug-likeness (QED) is 0.744. The highest BCUT2D eigenvalue weighted by Gasteiger charge is 2.31. The molecule has 0 aromatic heterocycles. The molecule has 0 saturated heterocycles. The monoisotopic (exact) mass is 372 g/mol. The number of esters is 1. The van der Waals surface area contributed by atoms with Crippen LogP contribution in [0.1, 0.15) is 34.0 Å². The number of fused-ring (bicyclic) bond motifs is 3. The molecule has 2 aromatic carbocycles. The summed E-state index contributed by atoms with van der Waals surface area (Å²) in [5.74, 6) is 1.31. The molecule has 1 atom stereocenters. The molecule has 1 aliphatic carbocycles. The average molecular weight is 372 g/mol. The van der Waals surface area contributed by atoms with Gasteiger partial charge in [-0.3, -0.25) is 0 Å². The summed E-state index contributed by atoms with van der Waals surface area (Å²) in [5.41, 5.74) is 4.10. The lowest BCUT2D eigenvalue weighted by molar-refractivity contribution is 0.0582. The van der Waals surface area contributed by atoms with E-state index >= 15 is 0 Å². The second-order valence-electron chi connectivity index (χ2n) is 6.20. The maximum Gasteiger partial charge on any atom is 0.338 e. The molecule has 2 aromatic rings. The molecule has 6 nitrogen and oxygen atoms in total. The lowest BCUT2D eigenvalue weighted by Crippen LogP contribution is -2.11. The highest BCUT2D eigenvalue weighted by molar-refractivity contribution is 5.95. The maximum atomic E-state index is 12.4. The Kier molecular flexibility index (Phi) is 5.56. The van der Waals surface area contributed by atoms with Crippen LogP contribution in [0.5, 0.6) is 17.2 Å². The van der Waals surface area contributed by atoms with Crippen molar-refractivity contribution in [3.63, 3.8) is 0 Å². The van der Waals surface area contributed by atoms with E-state index in [4.69, 9.17) is 23.7 Å². The molecule has 1 unspecified atom stereocenters. The summed E-state index contributed by atoms with van der Waals surface area (Å²) in [6.45, 7) is 0. The van der Waals surface area contributed by atoms with Gasteiger partial charge in [0, 0.05) is 18.2 Å². The highest BCUT2D eigenvalue weighted by Crippen LogP contribution is 2.51. The van der Waals surface area contributed by atoms with Gasteiger partial charge >= 0.3 is 5.97 Å². The molecule has 3 rings (SSSR count). The summed E-state index contributed by atoms with van der Waals surface area (Å²) in [6, 6.07) is 7.52. The van der Waals surface area contributed by atoms with Crippen LogP contribution in [0.25, 0.3) is 11.1 Å². The smallest absolute Gasteiger partial charge is 0.338 e. The highest BCUT2D eigenvalue weighted by atomic mass is 16.5. The number of rotatable bonds is 5. The van der Waals surface area contributed by atoms with Crippen molar-refractivity contribution in [2.24, 2.45) is 0 Å². The predicted molar refractivity (Wildman–Crippen MR) is 101 cm³/mol. The van der Waals surface area contributed by atoms with Gasteiger partial charge in [-0.2, -0.15) is 0 Å². The van der Waals surface area contributed by atoms with Crippen LogP contribution in [0.4, 0.5) is 0 Å². The molecular weight excluding hydrogens is 348 g/mol. The first kappa shape index (κ1) is 19.0. The topological polar surface area (TPSA) is 63.2 Å². The summed E-state index contributed by atoms with van der Waals surface area (Å²) in [6.07, 6.45) is 1.20. The van der Waals surface area contributed by atoms with Crippen LogP contribution in [0.2, 0.25) is 0 Å². The van der Waals surface area contributed by atoms with Crippen LogP contribution in [-0.4, -0.2) is 41.5 Å². The number of ether oxygens (including phenoxy) is 5. The number of hydrogen-bond acceptors (Lipinski definition) is 6. The van der Waals surface area contributed by atoms with Crippen molar-refractivity contribution in [3.05, 3.63) is 41.0 Å². The van der Waals surface area contributed by atoms with Gasteiger partial charge in [-0.05, 0) is 36.1 Å². The summed E-state index contributed by atoms with van der Waals surface area (Å²) < 4.78 is 27.5. The van der Waals surface area contributed by atoms with Gasteiger partial charge in [-0.25, -0.2) is 4.79 Å². The van der Waals surface area contributed by atoms with Crippen molar-refractivity contribution in [1.29, 1.82) is 0 Å². The van der Waals surface area contributed by atoms with Gasteiger partial charge in [0.25, 0.3) is 0 Å². The first-order valence-electron chi connectivity index (χ1n) is 8.67. The molecule has 1 aliphatic rings. The predicted octanol–water partition coefficient (Wildman–Crippen LogP) is 3.80. The van der Waals surface area contributed by atoms with Crippen LogP contribution in [0.15, 0.2) is 24.3 Å². The number of aryl methyl sites for hydroxylation is 1. The van der Waals surface area contributed by atoms with Gasteiger partial charge in [0.05, 0.1) is 40.1 Å². The molecule has 0 heterocycles. The van der Waals surface area contributed by atoms with Gasteiger partial charge in [-0.1, -0.05) is 12.1 Å². The Bertz CT molecular complexity index is 858. The van der Waals surface area contributed by atoms with E-state index in [1.165, 1.54) is 7.11 Å². The lowest BCUT2D eigenvalue weighted by Gasteiger charge is -2.21. The Labute approximate surface area is 158 Å². The number of carbonyl (C=O) groups excluding carboxylic acids is 1. The van der Waals surface area contributed by atoms with E-state index in [-0.39, 0.29) is 6.10 Å². The molecule has 0 spiro atoms. The normalized spacial score (nSPS) is 15.2. The Hall–Kier alpha value is -2.73. The average Bonchev–Trinajstić information content (AvgIpc) is 2.87. The van der Waals surface area contributed by atoms with Gasteiger partial charge < -0.3 is 23.7 Å². The van der Waals surface area contributed by atoms with Crippen LogP contribution < -0.4 is 14.2 Å². The fourth-order valence-electron chi connectivity index (χ4n) is 3.78. The van der Waals surface area contributed by atoms with Gasteiger partial charge in [0.2, 0.25) is 5.75 Å². The Morgan fingerprint density at radius 3 is 2.33 bits per heavy atom. The van der Waals surface area contributed by atoms with Crippen molar-refractivity contribution < 1.29 is 28.5 Å². The summed E-state index contributed by atoms with van der Waals surface area (Å²) in [7, 11) is 7.80. The molecule has 0 fully saturated rings. The third kappa shape index (κ3) is 3.10. The molecule has 27 heavy (non-hydrogen) atoms. The van der Waals surface area contributed by atoms with Crippen LogP contribution >= 0.6 is 0 Å². The van der Waals surface area contributed by atoms with Crippen molar-refractivity contribution in [1.82, 2.24) is 0 Å². The third-order valence-corrected chi connectivity index (χ3v) is 4.97. The van der Waals surface area contributed by atoms with E-state index in [2.05, 4.69) is 0 Å². The van der Waals surface area contributed by atoms with Gasteiger partial charge in [-0.15, -0.1) is 0 Å². The fraction of sp³-hybridized carbons (Fsp3) is 0.381. The minimum atomic E-state index is -0.392. The molecule has 0 bridgehead atoms. The zero-order chi connectivity index (χ0) is 19.6. The zero-order valence-corrected chi connectivity index (χ0v) is 16.3. The largest absolute Gasteiger partial charge is 0.493 e. The molecular formula is C21H24O6. The minimum absolute atomic E-state index is 0.246. The number of carbonyl (C=O) groups is 1. The third-order valence-electron chi connectivity index (χ3n) is 4.97.